The van der Waals surface area contributed by atoms with Crippen LogP contribution in [0.25, 0.3) is 10.9 Å². The maximum atomic E-state index is 15.0. The molecule has 1 aliphatic heterocycles. The zero-order chi connectivity index (χ0) is 36.2. The molecule has 4 aromatic rings. The maximum absolute atomic E-state index is 15.0. The number of aliphatic carboxylic acids is 1. The summed E-state index contributed by atoms with van der Waals surface area (Å²) in [7, 11) is 4.53. The minimum absolute atomic E-state index is 0.0446. The number of halogens is 3. The smallest absolute Gasteiger partial charge is 0.422 e. The number of aromatic nitrogens is 1. The van der Waals surface area contributed by atoms with Gasteiger partial charge in [0, 0.05) is 54.4 Å². The quantitative estimate of drug-likeness (QED) is 0.114. The number of carboxylic acid groups (broad SMARTS) is 1. The largest absolute Gasteiger partial charge is 0.497 e. The van der Waals surface area contributed by atoms with Gasteiger partial charge >= 0.3 is 12.1 Å². The monoisotopic (exact) mass is 699 g/mol. The third-order valence-electron chi connectivity index (χ3n) is 9.43. The van der Waals surface area contributed by atoms with Crippen LogP contribution in [0.1, 0.15) is 41.5 Å². The first-order valence-corrected chi connectivity index (χ1v) is 16.1. The van der Waals surface area contributed by atoms with Crippen LogP contribution >= 0.6 is 0 Å². The molecule has 1 aromatic heterocycles. The van der Waals surface area contributed by atoms with Crippen LogP contribution in [0.3, 0.4) is 0 Å². The molecule has 0 radical (unpaired) electrons. The van der Waals surface area contributed by atoms with Crippen molar-refractivity contribution in [1.82, 2.24) is 9.47 Å². The van der Waals surface area contributed by atoms with Crippen LogP contribution in [-0.2, 0) is 29.8 Å². The van der Waals surface area contributed by atoms with Crippen LogP contribution in [-0.4, -0.2) is 77.7 Å². The second kappa shape index (κ2) is 15.0. The zero-order valence-corrected chi connectivity index (χ0v) is 28.0. The molecule has 2 heterocycles. The molecule has 1 saturated heterocycles. The number of carboxylic acids is 1. The average molecular weight is 700 g/mol. The summed E-state index contributed by atoms with van der Waals surface area (Å²) in [5.41, 5.74) is -1.49. The van der Waals surface area contributed by atoms with Gasteiger partial charge in [-0.05, 0) is 86.1 Å². The fourth-order valence-corrected chi connectivity index (χ4v) is 6.75. The lowest BCUT2D eigenvalue weighted by molar-refractivity contribution is -0.384. The number of aliphatic hydroxyl groups is 1. The van der Waals surface area contributed by atoms with E-state index in [1.54, 1.807) is 41.3 Å². The van der Waals surface area contributed by atoms with Crippen LogP contribution in [0.5, 0.6) is 17.2 Å². The Morgan fingerprint density at radius 1 is 0.980 bits per heavy atom. The third kappa shape index (κ3) is 7.81. The number of methoxy groups -OCH3 is 3. The Morgan fingerprint density at radius 3 is 2.24 bits per heavy atom. The van der Waals surface area contributed by atoms with Gasteiger partial charge in [-0.15, -0.1) is 0 Å². The van der Waals surface area contributed by atoms with Crippen molar-refractivity contribution < 1.29 is 47.3 Å². The number of nitro benzene ring substituents is 1. The number of piperidine rings is 1. The molecule has 14 heteroatoms. The second-order valence-electron chi connectivity index (χ2n) is 12.6. The summed E-state index contributed by atoms with van der Waals surface area (Å²) in [6.07, 6.45) is -1.93. The normalized spacial score (nSPS) is 15.5. The number of alkyl halides is 3. The molecule has 1 atom stereocenters. The molecule has 50 heavy (non-hydrogen) atoms. The molecule has 5 rings (SSSR count). The highest BCUT2D eigenvalue weighted by molar-refractivity contribution is 5.87. The highest BCUT2D eigenvalue weighted by atomic mass is 19.4. The van der Waals surface area contributed by atoms with Crippen molar-refractivity contribution in [2.24, 2.45) is 5.92 Å². The number of rotatable bonds is 14. The lowest BCUT2D eigenvalue weighted by Crippen LogP contribution is -2.52. The number of β-amino-alcohol motifs (C(OH)–C–C–N with tert-alkyl or cyclic N) is 1. The molecule has 1 unspecified atom stereocenters. The van der Waals surface area contributed by atoms with Crippen molar-refractivity contribution in [2.75, 3.05) is 41.0 Å². The Labute approximate surface area is 286 Å². The number of hydrogen-bond donors (Lipinski definition) is 2. The van der Waals surface area contributed by atoms with E-state index in [0.717, 1.165) is 17.2 Å². The second-order valence-corrected chi connectivity index (χ2v) is 12.6. The molecule has 0 bridgehead atoms. The van der Waals surface area contributed by atoms with E-state index in [1.807, 2.05) is 0 Å². The molecular formula is C36H40F3N3O8. The average Bonchev–Trinajstić information content (AvgIpc) is 3.45. The van der Waals surface area contributed by atoms with Crippen molar-refractivity contribution in [3.63, 3.8) is 0 Å². The minimum Gasteiger partial charge on any atom is -0.497 e. The summed E-state index contributed by atoms with van der Waals surface area (Å²) in [6.45, 7) is -0.0539. The van der Waals surface area contributed by atoms with Gasteiger partial charge in [0.2, 0.25) is 5.60 Å². The Bertz CT molecular complexity index is 1830. The van der Waals surface area contributed by atoms with Gasteiger partial charge in [0.25, 0.3) is 5.69 Å². The molecular weight excluding hydrogens is 659 g/mol. The highest BCUT2D eigenvalue weighted by Gasteiger charge is 2.57. The SMILES string of the molecule is COc1cccc(Cn2cc(C(O)(CN3CCC(Cc4c(OC)cc(CCC(=O)O)cc4OC)CC3)C(F)(F)F)c3ccc([N+](=O)[O-])cc32)c1. The number of hydrogen-bond acceptors (Lipinski definition) is 8. The molecule has 1 aliphatic rings. The van der Waals surface area contributed by atoms with E-state index < -0.39 is 29.2 Å². The minimum atomic E-state index is -5.07. The van der Waals surface area contributed by atoms with Crippen LogP contribution < -0.4 is 14.2 Å². The molecule has 0 spiro atoms. The fourth-order valence-electron chi connectivity index (χ4n) is 6.75. The first-order valence-electron chi connectivity index (χ1n) is 16.1. The highest BCUT2D eigenvalue weighted by Crippen LogP contribution is 2.45. The van der Waals surface area contributed by atoms with E-state index >= 15 is 13.2 Å². The Kier molecular flexibility index (Phi) is 10.9. The summed E-state index contributed by atoms with van der Waals surface area (Å²) in [6, 6.07) is 14.2. The molecule has 11 nitrogen and oxygen atoms in total. The van der Waals surface area contributed by atoms with E-state index in [2.05, 4.69) is 0 Å². The maximum Gasteiger partial charge on any atom is 0.422 e. The summed E-state index contributed by atoms with van der Waals surface area (Å²) >= 11 is 0. The number of carbonyl (C=O) groups is 1. The topological polar surface area (TPSA) is 137 Å². The van der Waals surface area contributed by atoms with Crippen LogP contribution in [0.2, 0.25) is 0 Å². The predicted octanol–water partition coefficient (Wildman–Crippen LogP) is 6.35. The Hall–Kier alpha value is -4.82. The van der Waals surface area contributed by atoms with Crippen LogP contribution in [0.4, 0.5) is 18.9 Å². The summed E-state index contributed by atoms with van der Waals surface area (Å²) < 4.78 is 63.0. The number of nitrogens with zero attached hydrogens (tertiary/aromatic N) is 3. The van der Waals surface area contributed by atoms with Gasteiger partial charge in [-0.2, -0.15) is 13.2 Å². The lowest BCUT2D eigenvalue weighted by atomic mass is 9.87. The van der Waals surface area contributed by atoms with E-state index in [4.69, 9.17) is 19.3 Å². The summed E-state index contributed by atoms with van der Waals surface area (Å²) in [5, 5.41) is 32.4. The number of non-ortho nitro benzene ring substituents is 1. The Morgan fingerprint density at radius 2 is 1.66 bits per heavy atom. The zero-order valence-electron chi connectivity index (χ0n) is 28.0. The Balaban J connectivity index is 1.39. The van der Waals surface area contributed by atoms with Gasteiger partial charge in [-0.25, -0.2) is 0 Å². The van der Waals surface area contributed by atoms with E-state index in [0.29, 0.717) is 48.5 Å². The van der Waals surface area contributed by atoms with Gasteiger partial charge in [0.1, 0.15) is 17.2 Å². The number of nitro groups is 1. The molecule has 0 amide bonds. The summed E-state index contributed by atoms with van der Waals surface area (Å²) in [5.74, 6) is 0.834. The van der Waals surface area contributed by atoms with E-state index in [9.17, 15) is 20.0 Å². The van der Waals surface area contributed by atoms with Gasteiger partial charge in [0.15, 0.2) is 0 Å². The number of aryl methyl sites for hydroxylation is 1. The predicted molar refractivity (Wildman–Crippen MR) is 179 cm³/mol. The first kappa shape index (κ1) is 36.5. The number of ether oxygens (including phenoxy) is 3. The molecule has 268 valence electrons. The van der Waals surface area contributed by atoms with Gasteiger partial charge in [-0.3, -0.25) is 19.8 Å². The molecule has 0 aliphatic carbocycles. The van der Waals surface area contributed by atoms with E-state index in [-0.39, 0.29) is 54.1 Å². The number of benzene rings is 3. The van der Waals surface area contributed by atoms with Gasteiger partial charge in [-0.1, -0.05) is 12.1 Å². The van der Waals surface area contributed by atoms with E-state index in [1.165, 1.54) is 44.2 Å². The fraction of sp³-hybridized carbons (Fsp3) is 0.417. The third-order valence-corrected chi connectivity index (χ3v) is 9.43. The van der Waals surface area contributed by atoms with Crippen molar-refractivity contribution in [3.8, 4) is 17.2 Å². The van der Waals surface area contributed by atoms with Crippen LogP contribution in [0.15, 0.2) is 60.8 Å². The van der Waals surface area contributed by atoms with Crippen LogP contribution in [0, 0.1) is 16.0 Å². The summed E-state index contributed by atoms with van der Waals surface area (Å²) in [4.78, 5) is 23.7. The van der Waals surface area contributed by atoms with Gasteiger partial charge in [0.05, 0.1) is 31.8 Å². The van der Waals surface area contributed by atoms with Gasteiger partial charge < -0.3 is 29.0 Å². The standard InChI is InChI=1S/C36H40F3N3O8/c1-48-27-6-4-5-25(15-27)20-41-21-30(28-9-8-26(42(46)47)19-31(28)41)35(45,36(37,38)39)22-40-13-11-23(12-14-40)16-29-32(49-2)17-24(7-10-34(43)44)18-33(29)50-3/h4-6,8-9,15,17-19,21,23,45H,7,10-14,16,20,22H2,1-3H3,(H,43,44). The molecule has 1 fully saturated rings. The molecule has 2 N–H and O–H groups in total. The number of fused-ring (bicyclic) bond motifs is 1. The molecule has 0 saturated carbocycles. The lowest BCUT2D eigenvalue weighted by Gasteiger charge is -2.39. The molecule has 3 aromatic carbocycles. The van der Waals surface area contributed by atoms with Crippen molar-refractivity contribution >= 4 is 22.6 Å². The van der Waals surface area contributed by atoms with Crippen molar-refractivity contribution in [2.45, 2.75) is 50.4 Å². The number of likely N-dealkylation sites (tertiary alicyclic amines) is 1. The van der Waals surface area contributed by atoms with Crippen molar-refractivity contribution in [1.29, 1.82) is 0 Å². The van der Waals surface area contributed by atoms with Crippen molar-refractivity contribution in [3.05, 3.63) is 93.2 Å². The first-order chi connectivity index (χ1) is 23.8.